The van der Waals surface area contributed by atoms with E-state index in [4.69, 9.17) is 19.2 Å². The van der Waals surface area contributed by atoms with Crippen molar-refractivity contribution in [3.8, 4) is 11.5 Å². The summed E-state index contributed by atoms with van der Waals surface area (Å²) in [5, 5.41) is 0. The third-order valence-electron chi connectivity index (χ3n) is 3.70. The van der Waals surface area contributed by atoms with Gasteiger partial charge >= 0.3 is 5.97 Å². The Balaban J connectivity index is 2.18. The molecule has 1 rings (SSSR count). The Hall–Kier alpha value is -1.75. The topological polar surface area (TPSA) is 54.0 Å². The van der Waals surface area contributed by atoms with E-state index >= 15 is 0 Å². The molecule has 0 bridgehead atoms. The summed E-state index contributed by atoms with van der Waals surface area (Å²) in [5.74, 6) is 0.501. The average molecular weight is 337 g/mol. The minimum atomic E-state index is -0.555. The molecule has 0 atom stereocenters. The highest BCUT2D eigenvalue weighted by Gasteiger charge is 2.12. The molecule has 24 heavy (non-hydrogen) atoms. The Morgan fingerprint density at radius 1 is 0.875 bits per heavy atom. The molecule has 0 heterocycles. The van der Waals surface area contributed by atoms with Gasteiger partial charge in [-0.05, 0) is 18.6 Å². The van der Waals surface area contributed by atoms with Crippen molar-refractivity contribution in [2.75, 3.05) is 20.8 Å². The van der Waals surface area contributed by atoms with Crippen molar-refractivity contribution in [1.82, 2.24) is 0 Å². The Kier molecular flexibility index (Phi) is 10.7. The van der Waals surface area contributed by atoms with Crippen LogP contribution in [0.5, 0.6) is 11.5 Å². The third kappa shape index (κ3) is 8.20. The molecule has 1 aromatic carbocycles. The van der Waals surface area contributed by atoms with Crippen LogP contribution in [0.15, 0.2) is 18.2 Å². The fourth-order valence-electron chi connectivity index (χ4n) is 2.29. The highest BCUT2D eigenvalue weighted by atomic mass is 17.2. The first-order chi connectivity index (χ1) is 11.7. The standard InChI is InChI=1S/C19H29O5/c1-4-5-6-7-8-9-10-11-12-23-24-19(20)16-13-17(21-2)15-18(14-16)22-3/h13-15H,1,4-12H2,2-3H3. The van der Waals surface area contributed by atoms with Crippen LogP contribution in [0.2, 0.25) is 0 Å². The summed E-state index contributed by atoms with van der Waals surface area (Å²) >= 11 is 0. The lowest BCUT2D eigenvalue weighted by molar-refractivity contribution is -0.241. The van der Waals surface area contributed by atoms with Gasteiger partial charge in [0, 0.05) is 6.07 Å². The van der Waals surface area contributed by atoms with Crippen LogP contribution in [0, 0.1) is 6.92 Å². The number of methoxy groups -OCH3 is 2. The Bertz CT molecular complexity index is 451. The molecule has 0 aliphatic rings. The first kappa shape index (κ1) is 20.3. The van der Waals surface area contributed by atoms with Gasteiger partial charge in [-0.2, -0.15) is 4.89 Å². The highest BCUT2D eigenvalue weighted by molar-refractivity contribution is 5.90. The molecule has 135 valence electrons. The van der Waals surface area contributed by atoms with Gasteiger partial charge in [0.15, 0.2) is 0 Å². The molecule has 0 fully saturated rings. The molecule has 0 aromatic heterocycles. The van der Waals surface area contributed by atoms with E-state index in [1.54, 1.807) is 18.2 Å². The lowest BCUT2D eigenvalue weighted by Crippen LogP contribution is -2.07. The maximum Gasteiger partial charge on any atom is 0.373 e. The molecule has 0 saturated carbocycles. The number of ether oxygens (including phenoxy) is 2. The minimum Gasteiger partial charge on any atom is -0.497 e. The van der Waals surface area contributed by atoms with E-state index in [0.29, 0.717) is 23.7 Å². The fraction of sp³-hybridized carbons (Fsp3) is 0.579. The molecular weight excluding hydrogens is 308 g/mol. The third-order valence-corrected chi connectivity index (χ3v) is 3.70. The first-order valence-corrected chi connectivity index (χ1v) is 8.57. The Labute approximate surface area is 145 Å². The van der Waals surface area contributed by atoms with E-state index in [1.807, 2.05) is 0 Å². The van der Waals surface area contributed by atoms with Crippen LogP contribution < -0.4 is 9.47 Å². The summed E-state index contributed by atoms with van der Waals surface area (Å²) < 4.78 is 10.2. The number of benzene rings is 1. The van der Waals surface area contributed by atoms with Crippen LogP contribution in [0.1, 0.15) is 61.7 Å². The van der Waals surface area contributed by atoms with Gasteiger partial charge in [0.2, 0.25) is 0 Å². The van der Waals surface area contributed by atoms with Gasteiger partial charge in [0.25, 0.3) is 0 Å². The zero-order valence-corrected chi connectivity index (χ0v) is 14.8. The van der Waals surface area contributed by atoms with E-state index in [2.05, 4.69) is 6.92 Å². The number of carbonyl (C=O) groups is 1. The van der Waals surface area contributed by atoms with Gasteiger partial charge in [0.1, 0.15) is 11.5 Å². The van der Waals surface area contributed by atoms with Crippen molar-refractivity contribution in [1.29, 1.82) is 0 Å². The first-order valence-electron chi connectivity index (χ1n) is 8.57. The minimum absolute atomic E-state index is 0.330. The normalized spacial score (nSPS) is 10.5. The molecular formula is C19H29O5. The van der Waals surface area contributed by atoms with Gasteiger partial charge in [-0.15, -0.1) is 0 Å². The van der Waals surface area contributed by atoms with Gasteiger partial charge < -0.3 is 9.47 Å². The van der Waals surface area contributed by atoms with Gasteiger partial charge in [-0.1, -0.05) is 51.9 Å². The Morgan fingerprint density at radius 3 is 1.96 bits per heavy atom. The number of carbonyl (C=O) groups excluding carboxylic acids is 1. The van der Waals surface area contributed by atoms with Crippen molar-refractivity contribution < 1.29 is 24.0 Å². The Morgan fingerprint density at radius 2 is 1.42 bits per heavy atom. The summed E-state index contributed by atoms with van der Waals surface area (Å²) in [5.41, 5.74) is 0.330. The highest BCUT2D eigenvalue weighted by Crippen LogP contribution is 2.23. The van der Waals surface area contributed by atoms with E-state index in [1.165, 1.54) is 46.3 Å². The van der Waals surface area contributed by atoms with Crippen molar-refractivity contribution >= 4 is 5.97 Å². The van der Waals surface area contributed by atoms with Crippen LogP contribution in [0.25, 0.3) is 0 Å². The molecule has 0 N–H and O–H groups in total. The van der Waals surface area contributed by atoms with Crippen LogP contribution in [-0.2, 0) is 9.78 Å². The number of hydrogen-bond acceptors (Lipinski definition) is 5. The van der Waals surface area contributed by atoms with Crippen LogP contribution in [0.4, 0.5) is 0 Å². The average Bonchev–Trinajstić information content (AvgIpc) is 2.62. The van der Waals surface area contributed by atoms with Gasteiger partial charge in [-0.25, -0.2) is 4.79 Å². The largest absolute Gasteiger partial charge is 0.497 e. The van der Waals surface area contributed by atoms with E-state index in [9.17, 15) is 4.79 Å². The quantitative estimate of drug-likeness (QED) is 0.295. The molecule has 5 heteroatoms. The molecule has 1 radical (unpaired) electrons. The van der Waals surface area contributed by atoms with Crippen LogP contribution in [-0.4, -0.2) is 26.8 Å². The van der Waals surface area contributed by atoms with Crippen molar-refractivity contribution in [2.45, 2.75) is 51.4 Å². The zero-order chi connectivity index (χ0) is 17.6. The van der Waals surface area contributed by atoms with Gasteiger partial charge in [0.05, 0.1) is 26.4 Å². The predicted molar refractivity (Wildman–Crippen MR) is 93.2 cm³/mol. The summed E-state index contributed by atoms with van der Waals surface area (Å²) in [7, 11) is 3.05. The molecule has 1 aromatic rings. The number of unbranched alkanes of at least 4 members (excludes halogenated alkanes) is 7. The molecule has 0 saturated heterocycles. The van der Waals surface area contributed by atoms with Crippen LogP contribution in [0.3, 0.4) is 0 Å². The molecule has 0 unspecified atom stereocenters. The molecule has 0 aliphatic heterocycles. The van der Waals surface area contributed by atoms with E-state index in [-0.39, 0.29) is 0 Å². The second kappa shape index (κ2) is 12.6. The van der Waals surface area contributed by atoms with Crippen LogP contribution >= 0.6 is 0 Å². The van der Waals surface area contributed by atoms with Crippen molar-refractivity contribution in [3.63, 3.8) is 0 Å². The van der Waals surface area contributed by atoms with E-state index in [0.717, 1.165) is 19.3 Å². The summed E-state index contributed by atoms with van der Waals surface area (Å²) in [6.45, 7) is 4.25. The van der Waals surface area contributed by atoms with E-state index < -0.39 is 5.97 Å². The zero-order valence-electron chi connectivity index (χ0n) is 14.8. The summed E-state index contributed by atoms with van der Waals surface area (Å²) in [4.78, 5) is 21.8. The lowest BCUT2D eigenvalue weighted by atomic mass is 10.1. The van der Waals surface area contributed by atoms with Gasteiger partial charge in [-0.3, -0.25) is 4.89 Å². The number of hydrogen-bond donors (Lipinski definition) is 0. The second-order valence-electron chi connectivity index (χ2n) is 5.62. The van der Waals surface area contributed by atoms with Crippen molar-refractivity contribution in [3.05, 3.63) is 30.7 Å². The second-order valence-corrected chi connectivity index (χ2v) is 5.62. The van der Waals surface area contributed by atoms with Crippen molar-refractivity contribution in [2.24, 2.45) is 0 Å². The maximum atomic E-state index is 12.0. The summed E-state index contributed by atoms with van der Waals surface area (Å²) in [6, 6.07) is 4.86. The SMILES string of the molecule is [CH2]CCCCCCCCCOOC(=O)c1cc(OC)cc(OC)c1. The maximum absolute atomic E-state index is 12.0. The molecule has 0 amide bonds. The number of rotatable bonds is 13. The molecule has 5 nitrogen and oxygen atoms in total. The molecule has 0 aliphatic carbocycles. The molecule has 0 spiro atoms. The fourth-order valence-corrected chi connectivity index (χ4v) is 2.29. The lowest BCUT2D eigenvalue weighted by Gasteiger charge is -2.08. The predicted octanol–water partition coefficient (Wildman–Crippen LogP) is 4.75. The smallest absolute Gasteiger partial charge is 0.373 e. The monoisotopic (exact) mass is 337 g/mol. The summed E-state index contributed by atoms with van der Waals surface area (Å²) in [6.07, 6.45) is 9.15.